The van der Waals surface area contributed by atoms with Crippen LogP contribution in [-0.4, -0.2) is 46.9 Å². The molecular formula is C60H107NO5. The molecule has 6 heteroatoms. The first-order valence-corrected chi connectivity index (χ1v) is 28.2. The zero-order valence-electron chi connectivity index (χ0n) is 43.6. The van der Waals surface area contributed by atoms with Crippen LogP contribution in [-0.2, 0) is 14.3 Å². The van der Waals surface area contributed by atoms with Crippen LogP contribution in [0.15, 0.2) is 72.9 Å². The first-order chi connectivity index (χ1) is 32.5. The molecule has 0 saturated carbocycles. The Morgan fingerprint density at radius 2 is 0.818 bits per heavy atom. The Hall–Kier alpha value is -2.70. The van der Waals surface area contributed by atoms with Gasteiger partial charge < -0.3 is 20.3 Å². The van der Waals surface area contributed by atoms with Crippen molar-refractivity contribution in [3.63, 3.8) is 0 Å². The van der Waals surface area contributed by atoms with Gasteiger partial charge in [0.1, 0.15) is 6.10 Å². The Balaban J connectivity index is 4.64. The molecule has 6 nitrogen and oxygen atoms in total. The van der Waals surface area contributed by atoms with E-state index >= 15 is 0 Å². The molecule has 0 saturated heterocycles. The zero-order chi connectivity index (χ0) is 48.1. The van der Waals surface area contributed by atoms with E-state index in [4.69, 9.17) is 4.74 Å². The molecule has 0 aliphatic rings. The van der Waals surface area contributed by atoms with Gasteiger partial charge in [0.2, 0.25) is 5.91 Å². The molecule has 0 heterocycles. The number of hydrogen-bond donors (Lipinski definition) is 3. The van der Waals surface area contributed by atoms with Crippen LogP contribution in [0.4, 0.5) is 0 Å². The molecule has 0 aliphatic carbocycles. The van der Waals surface area contributed by atoms with Crippen molar-refractivity contribution in [1.82, 2.24) is 5.32 Å². The zero-order valence-corrected chi connectivity index (χ0v) is 43.6. The topological polar surface area (TPSA) is 95.9 Å². The highest BCUT2D eigenvalue weighted by atomic mass is 16.5. The molecule has 0 spiro atoms. The Morgan fingerprint density at radius 3 is 1.21 bits per heavy atom. The minimum Gasteiger partial charge on any atom is -0.462 e. The van der Waals surface area contributed by atoms with Crippen molar-refractivity contribution in [1.29, 1.82) is 0 Å². The highest BCUT2D eigenvalue weighted by Crippen LogP contribution is 2.18. The van der Waals surface area contributed by atoms with E-state index in [-0.39, 0.29) is 24.9 Å². The summed E-state index contributed by atoms with van der Waals surface area (Å²) in [5.74, 6) is -0.541. The second kappa shape index (κ2) is 53.3. The summed E-state index contributed by atoms with van der Waals surface area (Å²) in [6.45, 7) is 6.34. The summed E-state index contributed by atoms with van der Waals surface area (Å²) in [6.07, 6.45) is 68.3. The van der Waals surface area contributed by atoms with Gasteiger partial charge in [-0.05, 0) is 38.5 Å². The van der Waals surface area contributed by atoms with Crippen LogP contribution in [0.5, 0.6) is 0 Å². The number of amides is 1. The number of unbranched alkanes of at least 4 members (excludes halogenated alkanes) is 31. The molecule has 0 aromatic carbocycles. The number of carbonyl (C=O) groups excluding carboxylic acids is 2. The lowest BCUT2D eigenvalue weighted by molar-refractivity contribution is -0.151. The van der Waals surface area contributed by atoms with Crippen LogP contribution in [0.2, 0.25) is 0 Å². The van der Waals surface area contributed by atoms with Crippen LogP contribution < -0.4 is 5.32 Å². The fraction of sp³-hybridized carbons (Fsp3) is 0.767. The number of aliphatic hydroxyl groups is 2. The Labute approximate surface area is 409 Å². The van der Waals surface area contributed by atoms with Crippen molar-refractivity contribution in [2.24, 2.45) is 0 Å². The Kier molecular flexibility index (Phi) is 51.1. The van der Waals surface area contributed by atoms with E-state index < -0.39 is 18.2 Å². The van der Waals surface area contributed by atoms with Crippen molar-refractivity contribution in [3.05, 3.63) is 72.9 Å². The molecule has 0 bridgehead atoms. The van der Waals surface area contributed by atoms with Crippen molar-refractivity contribution >= 4 is 11.9 Å². The highest BCUT2D eigenvalue weighted by Gasteiger charge is 2.24. The normalized spacial score (nSPS) is 13.7. The molecule has 0 rings (SSSR count). The van der Waals surface area contributed by atoms with Crippen LogP contribution in [0, 0.1) is 0 Å². The third-order valence-corrected chi connectivity index (χ3v) is 12.7. The molecule has 3 unspecified atom stereocenters. The minimum atomic E-state index is -0.810. The van der Waals surface area contributed by atoms with Crippen LogP contribution in [0.3, 0.4) is 0 Å². The van der Waals surface area contributed by atoms with E-state index in [2.05, 4.69) is 38.2 Å². The van der Waals surface area contributed by atoms with Gasteiger partial charge in [-0.2, -0.15) is 0 Å². The smallest absolute Gasteiger partial charge is 0.306 e. The van der Waals surface area contributed by atoms with Gasteiger partial charge in [-0.15, -0.1) is 0 Å². The van der Waals surface area contributed by atoms with Crippen LogP contribution >= 0.6 is 0 Å². The third-order valence-electron chi connectivity index (χ3n) is 12.7. The van der Waals surface area contributed by atoms with Gasteiger partial charge in [0.05, 0.1) is 25.2 Å². The molecule has 0 aromatic rings. The summed E-state index contributed by atoms with van der Waals surface area (Å²) >= 11 is 0. The first-order valence-electron chi connectivity index (χ1n) is 28.2. The SMILES string of the molecule is CC\C=C/C=C/C=C/C=C\C=C\C=C\CCCC(CC(=O)NC(CO)C(O)CCCCCCCCCCCCCCCC)OC(=O)CCCCCCCCCCCCCCCCCCCC. The third kappa shape index (κ3) is 47.8. The van der Waals surface area contributed by atoms with Crippen molar-refractivity contribution < 1.29 is 24.5 Å². The lowest BCUT2D eigenvalue weighted by Gasteiger charge is -2.24. The maximum Gasteiger partial charge on any atom is 0.306 e. The second-order valence-electron chi connectivity index (χ2n) is 19.1. The van der Waals surface area contributed by atoms with Gasteiger partial charge in [-0.1, -0.05) is 293 Å². The van der Waals surface area contributed by atoms with E-state index in [1.165, 1.54) is 167 Å². The van der Waals surface area contributed by atoms with Gasteiger partial charge in [-0.3, -0.25) is 9.59 Å². The first kappa shape index (κ1) is 63.3. The molecule has 382 valence electrons. The summed E-state index contributed by atoms with van der Waals surface area (Å²) in [4.78, 5) is 26.2. The van der Waals surface area contributed by atoms with Crippen molar-refractivity contribution in [2.45, 2.75) is 289 Å². The Morgan fingerprint density at radius 1 is 0.455 bits per heavy atom. The minimum absolute atomic E-state index is 0.0267. The number of esters is 1. The van der Waals surface area contributed by atoms with E-state index in [0.717, 1.165) is 57.8 Å². The van der Waals surface area contributed by atoms with E-state index in [1.807, 2.05) is 60.8 Å². The number of allylic oxidation sites excluding steroid dienone is 12. The number of rotatable bonds is 50. The molecule has 1 amide bonds. The molecule has 0 radical (unpaired) electrons. The average Bonchev–Trinajstić information content (AvgIpc) is 3.31. The van der Waals surface area contributed by atoms with E-state index in [9.17, 15) is 19.8 Å². The van der Waals surface area contributed by atoms with Gasteiger partial charge in [0.15, 0.2) is 0 Å². The fourth-order valence-corrected chi connectivity index (χ4v) is 8.47. The molecule has 0 fully saturated rings. The summed E-state index contributed by atoms with van der Waals surface area (Å²) in [5, 5.41) is 23.8. The van der Waals surface area contributed by atoms with Crippen molar-refractivity contribution in [3.8, 4) is 0 Å². The number of hydrogen-bond acceptors (Lipinski definition) is 5. The van der Waals surface area contributed by atoms with Crippen LogP contribution in [0.1, 0.15) is 271 Å². The highest BCUT2D eigenvalue weighted by molar-refractivity contribution is 5.77. The van der Waals surface area contributed by atoms with Gasteiger partial charge in [-0.25, -0.2) is 0 Å². The Bertz CT molecular complexity index is 1220. The quantitative estimate of drug-likeness (QED) is 0.0321. The standard InChI is InChI=1S/C60H107NO5/c1-4-7-10-13-16-19-22-25-28-29-30-32-35-38-41-44-47-50-53-60(65)66-56(51-48-45-42-39-36-33-31-26-23-20-17-14-11-8-5-2)54-59(64)61-57(55-62)58(63)52-49-46-43-40-37-34-27-24-21-18-15-12-9-6-3/h8,11,14,17,20,23,26,31,33,36,39,42,56-58,62-63H,4-7,9-10,12-13,15-16,18-19,21-22,24-25,27-30,32,34-35,37-38,40-41,43-55H2,1-3H3,(H,61,64)/b11-8-,17-14+,23-20+,31-26-,36-33+,42-39+. The number of carbonyl (C=O) groups is 2. The predicted octanol–water partition coefficient (Wildman–Crippen LogP) is 17.3. The monoisotopic (exact) mass is 922 g/mol. The number of nitrogens with one attached hydrogen (secondary N) is 1. The molecule has 0 aliphatic heterocycles. The summed E-state index contributed by atoms with van der Waals surface area (Å²) in [6, 6.07) is -0.728. The maximum atomic E-state index is 13.2. The molecule has 3 N–H and O–H groups in total. The van der Waals surface area contributed by atoms with Gasteiger partial charge in [0.25, 0.3) is 0 Å². The van der Waals surface area contributed by atoms with Crippen molar-refractivity contribution in [2.75, 3.05) is 6.61 Å². The largest absolute Gasteiger partial charge is 0.462 e. The second-order valence-corrected chi connectivity index (χ2v) is 19.1. The summed E-state index contributed by atoms with van der Waals surface area (Å²) < 4.78 is 5.92. The van der Waals surface area contributed by atoms with E-state index in [1.54, 1.807) is 0 Å². The molecule has 3 atom stereocenters. The lowest BCUT2D eigenvalue weighted by atomic mass is 10.0. The number of aliphatic hydroxyl groups excluding tert-OH is 2. The molecular weight excluding hydrogens is 815 g/mol. The number of ether oxygens (including phenoxy) is 1. The predicted molar refractivity (Wildman–Crippen MR) is 287 cm³/mol. The lowest BCUT2D eigenvalue weighted by Crippen LogP contribution is -2.46. The van der Waals surface area contributed by atoms with Gasteiger partial charge >= 0.3 is 5.97 Å². The summed E-state index contributed by atoms with van der Waals surface area (Å²) in [5.41, 5.74) is 0. The summed E-state index contributed by atoms with van der Waals surface area (Å²) in [7, 11) is 0. The maximum absolute atomic E-state index is 13.2. The molecule has 66 heavy (non-hydrogen) atoms. The fourth-order valence-electron chi connectivity index (χ4n) is 8.47. The average molecular weight is 923 g/mol. The van der Waals surface area contributed by atoms with Gasteiger partial charge in [0, 0.05) is 6.42 Å². The van der Waals surface area contributed by atoms with E-state index in [0.29, 0.717) is 19.3 Å². The molecule has 0 aromatic heterocycles. The van der Waals surface area contributed by atoms with Crippen LogP contribution in [0.25, 0.3) is 0 Å².